The molecule has 0 bridgehead atoms. The standard InChI is InChI=1S/C12H19N3O/c1-9(2)8-16-5-4-14-12-11(13)6-10(3)7-15-12/h6-7H,1,4-5,8,13H2,2-3H3,(H,14,15). The first-order valence-electron chi connectivity index (χ1n) is 5.27. The third-order valence-electron chi connectivity index (χ3n) is 1.94. The van der Waals surface area contributed by atoms with E-state index in [4.69, 9.17) is 10.5 Å². The van der Waals surface area contributed by atoms with Gasteiger partial charge in [-0.15, -0.1) is 0 Å². The van der Waals surface area contributed by atoms with Crippen LogP contribution >= 0.6 is 0 Å². The Balaban J connectivity index is 2.29. The lowest BCUT2D eigenvalue weighted by Gasteiger charge is -2.09. The lowest BCUT2D eigenvalue weighted by Crippen LogP contribution is -2.12. The normalized spacial score (nSPS) is 10.1. The highest BCUT2D eigenvalue weighted by Gasteiger charge is 1.99. The maximum atomic E-state index is 5.80. The Bertz CT molecular complexity index is 363. The van der Waals surface area contributed by atoms with Crippen molar-refractivity contribution in [3.8, 4) is 0 Å². The van der Waals surface area contributed by atoms with E-state index in [-0.39, 0.29) is 0 Å². The first-order chi connectivity index (χ1) is 7.59. The van der Waals surface area contributed by atoms with Crippen molar-refractivity contribution in [2.75, 3.05) is 30.8 Å². The van der Waals surface area contributed by atoms with E-state index in [9.17, 15) is 0 Å². The van der Waals surface area contributed by atoms with E-state index in [2.05, 4.69) is 16.9 Å². The van der Waals surface area contributed by atoms with Gasteiger partial charge in [0.15, 0.2) is 0 Å². The molecule has 0 saturated heterocycles. The number of aryl methyl sites for hydroxylation is 1. The average Bonchev–Trinajstić information content (AvgIpc) is 2.20. The van der Waals surface area contributed by atoms with Gasteiger partial charge in [0.25, 0.3) is 0 Å². The van der Waals surface area contributed by atoms with Crippen LogP contribution in [0.2, 0.25) is 0 Å². The van der Waals surface area contributed by atoms with Crippen molar-refractivity contribution in [3.63, 3.8) is 0 Å². The molecule has 16 heavy (non-hydrogen) atoms. The van der Waals surface area contributed by atoms with E-state index in [0.29, 0.717) is 31.3 Å². The zero-order chi connectivity index (χ0) is 12.0. The minimum atomic E-state index is 0.596. The average molecular weight is 221 g/mol. The van der Waals surface area contributed by atoms with Crippen LogP contribution in [-0.2, 0) is 4.74 Å². The molecule has 0 saturated carbocycles. The van der Waals surface area contributed by atoms with E-state index < -0.39 is 0 Å². The van der Waals surface area contributed by atoms with Crippen LogP contribution < -0.4 is 11.1 Å². The van der Waals surface area contributed by atoms with Gasteiger partial charge < -0.3 is 15.8 Å². The highest BCUT2D eigenvalue weighted by molar-refractivity contribution is 5.61. The van der Waals surface area contributed by atoms with Gasteiger partial charge in [-0.3, -0.25) is 0 Å². The summed E-state index contributed by atoms with van der Waals surface area (Å²) >= 11 is 0. The smallest absolute Gasteiger partial charge is 0.149 e. The fourth-order valence-electron chi connectivity index (χ4n) is 1.23. The molecular formula is C12H19N3O. The second kappa shape index (κ2) is 6.12. The molecule has 0 fully saturated rings. The van der Waals surface area contributed by atoms with Gasteiger partial charge in [0.05, 0.1) is 18.9 Å². The van der Waals surface area contributed by atoms with Crippen LogP contribution in [0, 0.1) is 6.92 Å². The fourth-order valence-corrected chi connectivity index (χ4v) is 1.23. The van der Waals surface area contributed by atoms with Crippen molar-refractivity contribution in [3.05, 3.63) is 30.0 Å². The molecule has 4 heteroatoms. The Hall–Kier alpha value is -1.55. The lowest BCUT2D eigenvalue weighted by atomic mass is 10.3. The van der Waals surface area contributed by atoms with Crippen LogP contribution in [0.5, 0.6) is 0 Å². The molecule has 0 spiro atoms. The van der Waals surface area contributed by atoms with Gasteiger partial charge in [0.2, 0.25) is 0 Å². The number of nitrogens with one attached hydrogen (secondary N) is 1. The molecule has 0 aliphatic rings. The summed E-state index contributed by atoms with van der Waals surface area (Å²) in [6.07, 6.45) is 1.79. The Kier molecular flexibility index (Phi) is 4.79. The Morgan fingerprint density at radius 2 is 2.38 bits per heavy atom. The van der Waals surface area contributed by atoms with Crippen LogP contribution in [0.1, 0.15) is 12.5 Å². The number of hydrogen-bond donors (Lipinski definition) is 2. The number of nitrogens with two attached hydrogens (primary N) is 1. The van der Waals surface area contributed by atoms with E-state index >= 15 is 0 Å². The Labute approximate surface area is 96.5 Å². The van der Waals surface area contributed by atoms with Crippen molar-refractivity contribution < 1.29 is 4.74 Å². The van der Waals surface area contributed by atoms with Gasteiger partial charge in [0, 0.05) is 12.7 Å². The molecule has 0 aliphatic carbocycles. The number of nitrogen functional groups attached to an aromatic ring is 1. The molecule has 1 aromatic rings. The summed E-state index contributed by atoms with van der Waals surface area (Å²) in [5.74, 6) is 0.713. The largest absolute Gasteiger partial charge is 0.396 e. The summed E-state index contributed by atoms with van der Waals surface area (Å²) in [5.41, 5.74) is 8.55. The number of nitrogens with zero attached hydrogens (tertiary/aromatic N) is 1. The fraction of sp³-hybridized carbons (Fsp3) is 0.417. The van der Waals surface area contributed by atoms with Crippen molar-refractivity contribution in [2.24, 2.45) is 0 Å². The molecule has 3 N–H and O–H groups in total. The van der Waals surface area contributed by atoms with Gasteiger partial charge in [0.1, 0.15) is 5.82 Å². The molecule has 88 valence electrons. The summed E-state index contributed by atoms with van der Waals surface area (Å²) in [7, 11) is 0. The summed E-state index contributed by atoms with van der Waals surface area (Å²) < 4.78 is 5.35. The lowest BCUT2D eigenvalue weighted by molar-refractivity contribution is 0.167. The zero-order valence-electron chi connectivity index (χ0n) is 9.92. The van der Waals surface area contributed by atoms with Crippen LogP contribution in [0.4, 0.5) is 11.5 Å². The number of aromatic nitrogens is 1. The molecule has 0 aromatic carbocycles. The van der Waals surface area contributed by atoms with Gasteiger partial charge in [-0.25, -0.2) is 4.98 Å². The molecule has 0 amide bonds. The molecule has 1 aromatic heterocycles. The summed E-state index contributed by atoms with van der Waals surface area (Å²) in [4.78, 5) is 4.20. The maximum absolute atomic E-state index is 5.80. The van der Waals surface area contributed by atoms with Crippen LogP contribution in [0.15, 0.2) is 24.4 Å². The molecule has 0 aliphatic heterocycles. The molecule has 0 atom stereocenters. The third kappa shape index (κ3) is 4.31. The SMILES string of the molecule is C=C(C)COCCNc1ncc(C)cc1N. The second-order valence-electron chi connectivity index (χ2n) is 3.89. The first kappa shape index (κ1) is 12.5. The topological polar surface area (TPSA) is 60.2 Å². The third-order valence-corrected chi connectivity index (χ3v) is 1.94. The van der Waals surface area contributed by atoms with Crippen molar-refractivity contribution in [2.45, 2.75) is 13.8 Å². The number of ether oxygens (including phenoxy) is 1. The maximum Gasteiger partial charge on any atom is 0.149 e. The summed E-state index contributed by atoms with van der Waals surface area (Å²) in [5, 5.41) is 3.12. The first-order valence-corrected chi connectivity index (χ1v) is 5.27. The Morgan fingerprint density at radius 3 is 3.00 bits per heavy atom. The molecule has 1 heterocycles. The van der Waals surface area contributed by atoms with Gasteiger partial charge >= 0.3 is 0 Å². The van der Waals surface area contributed by atoms with Crippen LogP contribution in [0.3, 0.4) is 0 Å². The number of rotatable bonds is 6. The van der Waals surface area contributed by atoms with Crippen LogP contribution in [0.25, 0.3) is 0 Å². The van der Waals surface area contributed by atoms with E-state index in [1.807, 2.05) is 19.9 Å². The zero-order valence-corrected chi connectivity index (χ0v) is 9.92. The van der Waals surface area contributed by atoms with E-state index in [0.717, 1.165) is 11.1 Å². The van der Waals surface area contributed by atoms with Crippen LogP contribution in [-0.4, -0.2) is 24.7 Å². The van der Waals surface area contributed by atoms with Gasteiger partial charge in [-0.2, -0.15) is 0 Å². The highest BCUT2D eigenvalue weighted by Crippen LogP contribution is 2.15. The molecular weight excluding hydrogens is 202 g/mol. The van der Waals surface area contributed by atoms with Crippen molar-refractivity contribution >= 4 is 11.5 Å². The summed E-state index contributed by atoms with van der Waals surface area (Å²) in [6, 6.07) is 1.89. The van der Waals surface area contributed by atoms with E-state index in [1.165, 1.54) is 0 Å². The predicted octanol–water partition coefficient (Wildman–Crippen LogP) is 1.98. The highest BCUT2D eigenvalue weighted by atomic mass is 16.5. The van der Waals surface area contributed by atoms with E-state index in [1.54, 1.807) is 6.20 Å². The molecule has 0 unspecified atom stereocenters. The Morgan fingerprint density at radius 1 is 1.62 bits per heavy atom. The van der Waals surface area contributed by atoms with Gasteiger partial charge in [-0.05, 0) is 25.5 Å². The van der Waals surface area contributed by atoms with Crippen molar-refractivity contribution in [1.29, 1.82) is 0 Å². The van der Waals surface area contributed by atoms with Gasteiger partial charge in [-0.1, -0.05) is 12.2 Å². The minimum absolute atomic E-state index is 0.596. The quantitative estimate of drug-likeness (QED) is 0.569. The predicted molar refractivity (Wildman–Crippen MR) is 67.5 cm³/mol. The van der Waals surface area contributed by atoms with Crippen molar-refractivity contribution in [1.82, 2.24) is 4.98 Å². The summed E-state index contributed by atoms with van der Waals surface area (Å²) in [6.45, 7) is 9.55. The molecule has 0 radical (unpaired) electrons. The second-order valence-corrected chi connectivity index (χ2v) is 3.89. The minimum Gasteiger partial charge on any atom is -0.396 e. The number of anilines is 2. The monoisotopic (exact) mass is 221 g/mol. The number of pyridine rings is 1. The molecule has 1 rings (SSSR count). The number of hydrogen-bond acceptors (Lipinski definition) is 4. The molecule has 4 nitrogen and oxygen atoms in total.